The van der Waals surface area contributed by atoms with E-state index in [4.69, 9.17) is 9.47 Å². The molecule has 2 fully saturated rings. The second kappa shape index (κ2) is 7.25. The van der Waals surface area contributed by atoms with Gasteiger partial charge in [0.2, 0.25) is 0 Å². The molecule has 0 saturated heterocycles. The van der Waals surface area contributed by atoms with E-state index in [0.717, 1.165) is 0 Å². The molecule has 0 spiro atoms. The van der Waals surface area contributed by atoms with Crippen molar-refractivity contribution in [3.05, 3.63) is 0 Å². The second-order valence-electron chi connectivity index (χ2n) is 5.98. The molecule has 0 aliphatic heterocycles. The van der Waals surface area contributed by atoms with Gasteiger partial charge in [0.05, 0.1) is 13.2 Å². The van der Waals surface area contributed by atoms with Crippen molar-refractivity contribution in [2.45, 2.75) is 70.1 Å². The summed E-state index contributed by atoms with van der Waals surface area (Å²) < 4.78 is 10.8. The average molecular weight is 269 g/mol. The van der Waals surface area contributed by atoms with Gasteiger partial charge in [-0.3, -0.25) is 4.79 Å². The van der Waals surface area contributed by atoms with Crippen LogP contribution < -0.4 is 5.32 Å². The van der Waals surface area contributed by atoms with Crippen molar-refractivity contribution >= 4 is 5.97 Å². The van der Waals surface area contributed by atoms with Gasteiger partial charge in [0.15, 0.2) is 0 Å². The molecular weight excluding hydrogens is 242 g/mol. The molecule has 1 N–H and O–H groups in total. The van der Waals surface area contributed by atoms with Crippen molar-refractivity contribution in [1.29, 1.82) is 0 Å². The van der Waals surface area contributed by atoms with Gasteiger partial charge >= 0.3 is 5.97 Å². The van der Waals surface area contributed by atoms with Crippen LogP contribution in [-0.4, -0.2) is 37.9 Å². The number of ether oxygens (including phenoxy) is 2. The van der Waals surface area contributed by atoms with Crippen LogP contribution in [0.5, 0.6) is 0 Å². The van der Waals surface area contributed by atoms with E-state index < -0.39 is 0 Å². The lowest BCUT2D eigenvalue weighted by Crippen LogP contribution is -2.40. The summed E-state index contributed by atoms with van der Waals surface area (Å²) in [4.78, 5) is 11.7. The number of carbonyl (C=O) groups excluding carboxylic acids is 1. The topological polar surface area (TPSA) is 47.6 Å². The highest BCUT2D eigenvalue weighted by Gasteiger charge is 2.29. The third kappa shape index (κ3) is 4.77. The predicted octanol–water partition coefficient (Wildman–Crippen LogP) is 2.27. The summed E-state index contributed by atoms with van der Waals surface area (Å²) in [6, 6.07) is 0.314. The molecular formula is C15H27NO3. The van der Waals surface area contributed by atoms with E-state index in [0.29, 0.717) is 31.1 Å². The van der Waals surface area contributed by atoms with Crippen molar-refractivity contribution in [3.63, 3.8) is 0 Å². The van der Waals surface area contributed by atoms with Crippen LogP contribution in [0, 0.1) is 5.92 Å². The lowest BCUT2D eigenvalue weighted by Gasteiger charge is -2.29. The Morgan fingerprint density at radius 2 is 2.00 bits per heavy atom. The second-order valence-corrected chi connectivity index (χ2v) is 5.98. The summed E-state index contributed by atoms with van der Waals surface area (Å²) in [7, 11) is 1.45. The number of hydrogen-bond donors (Lipinski definition) is 1. The smallest absolute Gasteiger partial charge is 0.322 e. The molecule has 3 atom stereocenters. The van der Waals surface area contributed by atoms with Gasteiger partial charge in [-0.15, -0.1) is 0 Å². The Labute approximate surface area is 116 Å². The molecule has 2 rings (SSSR count). The van der Waals surface area contributed by atoms with E-state index in [2.05, 4.69) is 12.2 Å². The van der Waals surface area contributed by atoms with Crippen LogP contribution in [0.15, 0.2) is 0 Å². The zero-order chi connectivity index (χ0) is 13.7. The maximum atomic E-state index is 11.7. The van der Waals surface area contributed by atoms with E-state index in [1.807, 2.05) is 0 Å². The third-order valence-corrected chi connectivity index (χ3v) is 4.27. The molecule has 0 bridgehead atoms. The zero-order valence-corrected chi connectivity index (χ0v) is 12.2. The molecule has 19 heavy (non-hydrogen) atoms. The van der Waals surface area contributed by atoms with E-state index in [1.54, 1.807) is 0 Å². The molecule has 0 heterocycles. The number of nitrogens with one attached hydrogen (secondary N) is 1. The Bertz CT molecular complexity index is 291. The Kier molecular flexibility index (Phi) is 5.64. The van der Waals surface area contributed by atoms with Gasteiger partial charge in [0.25, 0.3) is 0 Å². The third-order valence-electron chi connectivity index (χ3n) is 4.27. The first kappa shape index (κ1) is 14.8. The summed E-state index contributed by atoms with van der Waals surface area (Å²) in [6.07, 6.45) is 8.48. The van der Waals surface area contributed by atoms with Crippen LogP contribution >= 0.6 is 0 Å². The molecule has 3 unspecified atom stereocenters. The number of esters is 1. The van der Waals surface area contributed by atoms with E-state index >= 15 is 0 Å². The first-order chi connectivity index (χ1) is 9.20. The molecule has 0 aromatic carbocycles. The highest BCUT2D eigenvalue weighted by Crippen LogP contribution is 2.26. The van der Waals surface area contributed by atoms with E-state index in [9.17, 15) is 4.79 Å². The fourth-order valence-electron chi connectivity index (χ4n) is 2.81. The molecule has 0 aromatic heterocycles. The molecule has 0 amide bonds. The molecule has 2 aliphatic rings. The standard InChI is InChI=1S/C15H27NO3/c1-11-5-3-4-6-14(11)19-10-9-13(15(17)18-2)16-12-7-8-12/h11-14,16H,3-10H2,1-2H3. The van der Waals surface area contributed by atoms with Crippen LogP contribution in [0.25, 0.3) is 0 Å². The van der Waals surface area contributed by atoms with Crippen molar-refractivity contribution in [3.8, 4) is 0 Å². The first-order valence-electron chi connectivity index (χ1n) is 7.66. The Hall–Kier alpha value is -0.610. The Morgan fingerprint density at radius 3 is 2.63 bits per heavy atom. The highest BCUT2D eigenvalue weighted by molar-refractivity contribution is 5.75. The number of hydrogen-bond acceptors (Lipinski definition) is 4. The van der Waals surface area contributed by atoms with Crippen LogP contribution in [0.1, 0.15) is 51.9 Å². The fourth-order valence-corrected chi connectivity index (χ4v) is 2.81. The maximum Gasteiger partial charge on any atom is 0.322 e. The van der Waals surface area contributed by atoms with Crippen molar-refractivity contribution in [1.82, 2.24) is 5.32 Å². The molecule has 0 radical (unpaired) electrons. The normalized spacial score (nSPS) is 28.9. The van der Waals surface area contributed by atoms with Crippen molar-refractivity contribution in [2.24, 2.45) is 5.92 Å². The lowest BCUT2D eigenvalue weighted by atomic mass is 9.88. The Balaban J connectivity index is 1.69. The summed E-state index contributed by atoms with van der Waals surface area (Å²) in [5.74, 6) is 0.494. The average Bonchev–Trinajstić information content (AvgIpc) is 3.23. The van der Waals surface area contributed by atoms with Crippen LogP contribution in [0.4, 0.5) is 0 Å². The minimum atomic E-state index is -0.198. The fraction of sp³-hybridized carbons (Fsp3) is 0.933. The lowest BCUT2D eigenvalue weighted by molar-refractivity contribution is -0.144. The van der Waals surface area contributed by atoms with Gasteiger partial charge in [-0.05, 0) is 38.0 Å². The van der Waals surface area contributed by atoms with Crippen LogP contribution in [0.3, 0.4) is 0 Å². The van der Waals surface area contributed by atoms with Gasteiger partial charge in [-0.1, -0.05) is 19.8 Å². The van der Waals surface area contributed by atoms with Crippen LogP contribution in [-0.2, 0) is 14.3 Å². The van der Waals surface area contributed by atoms with Crippen molar-refractivity contribution in [2.75, 3.05) is 13.7 Å². The molecule has 4 nitrogen and oxygen atoms in total. The molecule has 0 aromatic rings. The number of methoxy groups -OCH3 is 1. The largest absolute Gasteiger partial charge is 0.468 e. The summed E-state index contributed by atoms with van der Waals surface area (Å²) in [6.45, 7) is 2.92. The highest BCUT2D eigenvalue weighted by atomic mass is 16.5. The monoisotopic (exact) mass is 269 g/mol. The first-order valence-corrected chi connectivity index (χ1v) is 7.66. The maximum absolute atomic E-state index is 11.7. The Morgan fingerprint density at radius 1 is 1.26 bits per heavy atom. The van der Waals surface area contributed by atoms with Gasteiger partial charge in [-0.2, -0.15) is 0 Å². The molecule has 2 saturated carbocycles. The van der Waals surface area contributed by atoms with Crippen LogP contribution in [0.2, 0.25) is 0 Å². The zero-order valence-electron chi connectivity index (χ0n) is 12.2. The minimum absolute atomic E-state index is 0.160. The van der Waals surface area contributed by atoms with Gasteiger partial charge in [0.1, 0.15) is 6.04 Å². The molecule has 2 aliphatic carbocycles. The van der Waals surface area contributed by atoms with Crippen molar-refractivity contribution < 1.29 is 14.3 Å². The van der Waals surface area contributed by atoms with E-state index in [-0.39, 0.29) is 12.0 Å². The molecule has 4 heteroatoms. The summed E-state index contributed by atoms with van der Waals surface area (Å²) in [5.41, 5.74) is 0. The minimum Gasteiger partial charge on any atom is -0.468 e. The predicted molar refractivity (Wildman–Crippen MR) is 74.0 cm³/mol. The van der Waals surface area contributed by atoms with Gasteiger partial charge in [-0.25, -0.2) is 0 Å². The summed E-state index contributed by atoms with van der Waals surface area (Å²) >= 11 is 0. The van der Waals surface area contributed by atoms with Gasteiger partial charge in [0, 0.05) is 12.6 Å². The quantitative estimate of drug-likeness (QED) is 0.720. The SMILES string of the molecule is COC(=O)C(CCOC1CCCCC1C)NC1CC1. The number of carbonyl (C=O) groups is 1. The molecule has 110 valence electrons. The summed E-state index contributed by atoms with van der Waals surface area (Å²) in [5, 5.41) is 3.34. The number of rotatable bonds is 7. The van der Waals surface area contributed by atoms with Gasteiger partial charge < -0.3 is 14.8 Å². The van der Waals surface area contributed by atoms with E-state index in [1.165, 1.54) is 45.6 Å².